The summed E-state index contributed by atoms with van der Waals surface area (Å²) in [5.41, 5.74) is -1.31. The van der Waals surface area contributed by atoms with Crippen molar-refractivity contribution in [3.63, 3.8) is 0 Å². The van der Waals surface area contributed by atoms with Gasteiger partial charge in [0.05, 0.1) is 0 Å². The average Bonchev–Trinajstić information content (AvgIpc) is 2.39. The number of hydrogen-bond donors (Lipinski definition) is 1. The van der Waals surface area contributed by atoms with Crippen LogP contribution in [-0.2, 0) is 15.0 Å². The molecular weight excluding hydrogens is 280 g/mol. The van der Waals surface area contributed by atoms with Crippen LogP contribution in [0.25, 0.3) is 0 Å². The molecule has 2 aliphatic rings. The van der Waals surface area contributed by atoms with Crippen LogP contribution in [0.5, 0.6) is 0 Å². The minimum absolute atomic E-state index is 0.302. The Morgan fingerprint density at radius 2 is 1.95 bits per heavy atom. The predicted molar refractivity (Wildman–Crippen MR) is 75.5 cm³/mol. The van der Waals surface area contributed by atoms with Gasteiger partial charge in [0.1, 0.15) is 5.54 Å². The number of carboxylic acid groups (broad SMARTS) is 1. The standard InChI is InChI=1S/C13H24N2O4S/c1-11-6-5-8-14(10-11)20(18,19)15-9-4-3-7-13(15,2)12(16)17/h11H,3-10H2,1-2H3,(H,16,17). The van der Waals surface area contributed by atoms with E-state index in [1.807, 2.05) is 6.92 Å². The Morgan fingerprint density at radius 3 is 2.55 bits per heavy atom. The average molecular weight is 304 g/mol. The molecule has 2 rings (SSSR count). The number of carboxylic acids is 1. The maximum atomic E-state index is 12.8. The highest BCUT2D eigenvalue weighted by atomic mass is 32.2. The lowest BCUT2D eigenvalue weighted by Gasteiger charge is -2.43. The Labute approximate surface area is 120 Å². The fourth-order valence-corrected chi connectivity index (χ4v) is 5.29. The normalized spacial score (nSPS) is 34.0. The van der Waals surface area contributed by atoms with Crippen LogP contribution in [0, 0.1) is 5.92 Å². The predicted octanol–water partition coefficient (Wildman–Crippen LogP) is 1.29. The highest BCUT2D eigenvalue weighted by Gasteiger charge is 2.49. The lowest BCUT2D eigenvalue weighted by molar-refractivity contribution is -0.149. The van der Waals surface area contributed by atoms with Crippen LogP contribution in [0.4, 0.5) is 0 Å². The zero-order chi connectivity index (χ0) is 15.0. The molecule has 0 saturated carbocycles. The van der Waals surface area contributed by atoms with E-state index in [-0.39, 0.29) is 0 Å². The van der Waals surface area contributed by atoms with Crippen molar-refractivity contribution in [2.45, 2.75) is 51.5 Å². The van der Waals surface area contributed by atoms with Gasteiger partial charge in [0.25, 0.3) is 10.2 Å². The molecule has 20 heavy (non-hydrogen) atoms. The highest BCUT2D eigenvalue weighted by molar-refractivity contribution is 7.86. The number of rotatable bonds is 3. The first-order chi connectivity index (χ1) is 9.28. The summed E-state index contributed by atoms with van der Waals surface area (Å²) < 4.78 is 28.3. The molecule has 2 aliphatic heterocycles. The van der Waals surface area contributed by atoms with Crippen molar-refractivity contribution in [1.82, 2.24) is 8.61 Å². The Kier molecular flexibility index (Phi) is 4.41. The SMILES string of the molecule is CC1CCCN(S(=O)(=O)N2CCCCC2(C)C(=O)O)C1. The lowest BCUT2D eigenvalue weighted by Crippen LogP contribution is -2.61. The molecule has 6 nitrogen and oxygen atoms in total. The lowest BCUT2D eigenvalue weighted by atomic mass is 9.91. The van der Waals surface area contributed by atoms with E-state index < -0.39 is 21.7 Å². The van der Waals surface area contributed by atoms with E-state index in [0.29, 0.717) is 32.0 Å². The molecule has 2 heterocycles. The molecule has 7 heteroatoms. The largest absolute Gasteiger partial charge is 0.480 e. The second kappa shape index (κ2) is 5.61. The third-order valence-corrected chi connectivity index (χ3v) is 6.64. The van der Waals surface area contributed by atoms with Gasteiger partial charge < -0.3 is 5.11 Å². The summed E-state index contributed by atoms with van der Waals surface area (Å²) in [5, 5.41) is 9.46. The minimum Gasteiger partial charge on any atom is -0.480 e. The van der Waals surface area contributed by atoms with E-state index in [9.17, 15) is 18.3 Å². The van der Waals surface area contributed by atoms with E-state index in [2.05, 4.69) is 0 Å². The van der Waals surface area contributed by atoms with Crippen molar-refractivity contribution in [1.29, 1.82) is 0 Å². The molecule has 0 aliphatic carbocycles. The van der Waals surface area contributed by atoms with Crippen molar-refractivity contribution < 1.29 is 18.3 Å². The molecule has 0 aromatic rings. The molecule has 0 bridgehead atoms. The third-order valence-electron chi connectivity index (χ3n) is 4.51. The van der Waals surface area contributed by atoms with Crippen LogP contribution in [-0.4, -0.2) is 53.3 Å². The number of hydrogen-bond acceptors (Lipinski definition) is 3. The van der Waals surface area contributed by atoms with Gasteiger partial charge in [0.15, 0.2) is 0 Å². The summed E-state index contributed by atoms with van der Waals surface area (Å²) in [6.45, 7) is 4.86. The first-order valence-corrected chi connectivity index (χ1v) is 8.69. The maximum Gasteiger partial charge on any atom is 0.324 e. The van der Waals surface area contributed by atoms with Crippen LogP contribution in [0.2, 0.25) is 0 Å². The van der Waals surface area contributed by atoms with Crippen molar-refractivity contribution in [3.8, 4) is 0 Å². The molecule has 0 radical (unpaired) electrons. The third kappa shape index (κ3) is 2.71. The van der Waals surface area contributed by atoms with Crippen molar-refractivity contribution >= 4 is 16.2 Å². The number of aliphatic carboxylic acids is 1. The molecule has 0 aromatic carbocycles. The van der Waals surface area contributed by atoms with Crippen LogP contribution in [0.1, 0.15) is 46.0 Å². The van der Waals surface area contributed by atoms with Gasteiger partial charge in [-0.2, -0.15) is 17.0 Å². The molecule has 2 atom stereocenters. The van der Waals surface area contributed by atoms with Crippen molar-refractivity contribution in [3.05, 3.63) is 0 Å². The summed E-state index contributed by atoms with van der Waals surface area (Å²) in [4.78, 5) is 11.6. The Bertz CT molecular complexity index is 479. The summed E-state index contributed by atoms with van der Waals surface area (Å²) in [6, 6.07) is 0. The Balaban J connectivity index is 2.28. The molecule has 0 amide bonds. The summed E-state index contributed by atoms with van der Waals surface area (Å²) in [5.74, 6) is -0.717. The second-order valence-corrected chi connectivity index (χ2v) is 8.07. The van der Waals surface area contributed by atoms with Crippen molar-refractivity contribution in [2.75, 3.05) is 19.6 Å². The Hall–Kier alpha value is -0.660. The molecule has 0 aromatic heterocycles. The van der Waals surface area contributed by atoms with E-state index >= 15 is 0 Å². The molecule has 0 spiro atoms. The first kappa shape index (κ1) is 15.7. The van der Waals surface area contributed by atoms with Crippen molar-refractivity contribution in [2.24, 2.45) is 5.92 Å². The van der Waals surface area contributed by atoms with Gasteiger partial charge in [-0.1, -0.05) is 6.92 Å². The van der Waals surface area contributed by atoms with Gasteiger partial charge in [-0.3, -0.25) is 4.79 Å². The van der Waals surface area contributed by atoms with Crippen LogP contribution in [0.3, 0.4) is 0 Å². The molecule has 2 saturated heterocycles. The second-order valence-electron chi connectivity index (χ2n) is 6.22. The van der Waals surface area contributed by atoms with Crippen LogP contribution >= 0.6 is 0 Å². The van der Waals surface area contributed by atoms with E-state index in [4.69, 9.17) is 0 Å². The first-order valence-electron chi connectivity index (χ1n) is 7.30. The zero-order valence-electron chi connectivity index (χ0n) is 12.2. The monoisotopic (exact) mass is 304 g/mol. The van der Waals surface area contributed by atoms with Crippen LogP contribution in [0.15, 0.2) is 0 Å². The fraction of sp³-hybridized carbons (Fsp3) is 0.923. The molecule has 2 fully saturated rings. The number of nitrogens with zero attached hydrogens (tertiary/aromatic N) is 2. The summed E-state index contributed by atoms with van der Waals surface area (Å²) in [6.07, 6.45) is 3.74. The minimum atomic E-state index is -3.68. The molecule has 2 unspecified atom stereocenters. The van der Waals surface area contributed by atoms with Gasteiger partial charge in [-0.05, 0) is 44.9 Å². The summed E-state index contributed by atoms with van der Waals surface area (Å²) in [7, 11) is -3.68. The van der Waals surface area contributed by atoms with E-state index in [1.165, 1.54) is 15.5 Å². The smallest absolute Gasteiger partial charge is 0.324 e. The number of carbonyl (C=O) groups is 1. The van der Waals surface area contributed by atoms with E-state index in [0.717, 1.165) is 25.7 Å². The molecular formula is C13H24N2O4S. The van der Waals surface area contributed by atoms with E-state index in [1.54, 1.807) is 0 Å². The molecule has 1 N–H and O–H groups in total. The highest BCUT2D eigenvalue weighted by Crippen LogP contribution is 2.33. The quantitative estimate of drug-likeness (QED) is 0.852. The van der Waals surface area contributed by atoms with Crippen LogP contribution < -0.4 is 0 Å². The van der Waals surface area contributed by atoms with Gasteiger partial charge in [-0.15, -0.1) is 0 Å². The summed E-state index contributed by atoms with van der Waals surface area (Å²) >= 11 is 0. The van der Waals surface area contributed by atoms with Gasteiger partial charge in [0.2, 0.25) is 0 Å². The topological polar surface area (TPSA) is 77.9 Å². The Morgan fingerprint density at radius 1 is 1.25 bits per heavy atom. The molecule has 116 valence electrons. The van der Waals surface area contributed by atoms with Gasteiger partial charge in [-0.25, -0.2) is 0 Å². The van der Waals surface area contributed by atoms with Gasteiger partial charge in [0, 0.05) is 19.6 Å². The van der Waals surface area contributed by atoms with Gasteiger partial charge >= 0.3 is 5.97 Å². The zero-order valence-corrected chi connectivity index (χ0v) is 13.0. The fourth-order valence-electron chi connectivity index (χ4n) is 3.17. The maximum absolute atomic E-state index is 12.8. The number of piperidine rings is 2.